The molecule has 2 N–H and O–H groups in total. The summed E-state index contributed by atoms with van der Waals surface area (Å²) < 4.78 is 5.18. The number of amides is 2. The Labute approximate surface area is 195 Å². The van der Waals surface area contributed by atoms with E-state index in [1.165, 1.54) is 7.11 Å². The molecule has 2 aromatic carbocycles. The molecule has 1 fully saturated rings. The third-order valence-corrected chi connectivity index (χ3v) is 6.40. The standard InChI is InChI=1S/C25H32ClN3O3/c1-23(2)16-25(21(30)32-5,28-22(31)27-20-9-7-6-8-10-20)17-24(3,4)29(23)15-18-11-13-19(26)14-12-18/h6-14H,15-17H2,1-5H3,(H2,27,28,31). The molecule has 2 amide bonds. The number of rotatable bonds is 5. The van der Waals surface area contributed by atoms with Crippen molar-refractivity contribution >= 4 is 29.3 Å². The van der Waals surface area contributed by atoms with Crippen LogP contribution in [0.1, 0.15) is 46.1 Å². The maximum absolute atomic E-state index is 13.1. The van der Waals surface area contributed by atoms with Gasteiger partial charge in [-0.05, 0) is 70.4 Å². The Balaban J connectivity index is 1.87. The summed E-state index contributed by atoms with van der Waals surface area (Å²) in [4.78, 5) is 28.3. The van der Waals surface area contributed by atoms with Crippen molar-refractivity contribution < 1.29 is 14.3 Å². The van der Waals surface area contributed by atoms with E-state index >= 15 is 0 Å². The van der Waals surface area contributed by atoms with Crippen molar-refractivity contribution in [3.63, 3.8) is 0 Å². The molecule has 32 heavy (non-hydrogen) atoms. The minimum Gasteiger partial charge on any atom is -0.467 e. The lowest BCUT2D eigenvalue weighted by atomic mass is 9.68. The van der Waals surface area contributed by atoms with Crippen LogP contribution in [0.5, 0.6) is 0 Å². The van der Waals surface area contributed by atoms with Gasteiger partial charge in [-0.3, -0.25) is 4.90 Å². The number of benzene rings is 2. The van der Waals surface area contributed by atoms with E-state index in [1.807, 2.05) is 42.5 Å². The topological polar surface area (TPSA) is 70.7 Å². The highest BCUT2D eigenvalue weighted by atomic mass is 35.5. The number of methoxy groups -OCH3 is 1. The van der Waals surface area contributed by atoms with Gasteiger partial charge in [0.15, 0.2) is 0 Å². The molecule has 1 aliphatic heterocycles. The molecule has 0 aromatic heterocycles. The van der Waals surface area contributed by atoms with Gasteiger partial charge in [-0.15, -0.1) is 0 Å². The van der Waals surface area contributed by atoms with Crippen molar-refractivity contribution in [3.8, 4) is 0 Å². The van der Waals surface area contributed by atoms with Crippen LogP contribution in [-0.2, 0) is 16.1 Å². The lowest BCUT2D eigenvalue weighted by Gasteiger charge is -2.58. The Morgan fingerprint density at radius 3 is 2.06 bits per heavy atom. The summed E-state index contributed by atoms with van der Waals surface area (Å²) in [6.07, 6.45) is 0.817. The normalized spacial score (nSPS) is 19.1. The molecule has 0 bridgehead atoms. The average molecular weight is 458 g/mol. The Morgan fingerprint density at radius 1 is 0.969 bits per heavy atom. The zero-order chi connectivity index (χ0) is 23.6. The van der Waals surface area contributed by atoms with Crippen LogP contribution in [0.15, 0.2) is 54.6 Å². The zero-order valence-corrected chi connectivity index (χ0v) is 20.1. The van der Waals surface area contributed by atoms with E-state index in [1.54, 1.807) is 12.1 Å². The van der Waals surface area contributed by atoms with Crippen molar-refractivity contribution in [1.29, 1.82) is 0 Å². The summed E-state index contributed by atoms with van der Waals surface area (Å²) in [5, 5.41) is 6.48. The predicted molar refractivity (Wildman–Crippen MR) is 128 cm³/mol. The highest BCUT2D eigenvalue weighted by molar-refractivity contribution is 6.30. The third-order valence-electron chi connectivity index (χ3n) is 6.14. The summed E-state index contributed by atoms with van der Waals surface area (Å²) in [6.45, 7) is 9.08. The Hall–Kier alpha value is -2.57. The molecule has 6 nitrogen and oxygen atoms in total. The van der Waals surface area contributed by atoms with E-state index in [0.717, 1.165) is 5.56 Å². The van der Waals surface area contributed by atoms with Crippen LogP contribution in [0.4, 0.5) is 10.5 Å². The van der Waals surface area contributed by atoms with Gasteiger partial charge in [0, 0.05) is 28.3 Å². The SMILES string of the molecule is COC(=O)C1(NC(=O)Nc2ccccc2)CC(C)(C)N(Cc2ccc(Cl)cc2)C(C)(C)C1. The largest absolute Gasteiger partial charge is 0.467 e. The fraction of sp³-hybridized carbons (Fsp3) is 0.440. The molecule has 0 radical (unpaired) electrons. The number of halogens is 1. The number of anilines is 1. The Morgan fingerprint density at radius 2 is 1.53 bits per heavy atom. The molecule has 1 saturated heterocycles. The first-order chi connectivity index (χ1) is 15.0. The van der Waals surface area contributed by atoms with E-state index < -0.39 is 28.6 Å². The number of piperidine rings is 1. The van der Waals surface area contributed by atoms with Crippen LogP contribution < -0.4 is 10.6 Å². The van der Waals surface area contributed by atoms with Crippen molar-refractivity contribution in [1.82, 2.24) is 10.2 Å². The van der Waals surface area contributed by atoms with Crippen LogP contribution >= 0.6 is 11.6 Å². The minimum absolute atomic E-state index is 0.407. The fourth-order valence-electron chi connectivity index (χ4n) is 5.13. The molecule has 3 rings (SSSR count). The smallest absolute Gasteiger partial charge is 0.331 e. The molecular weight excluding hydrogens is 426 g/mol. The van der Waals surface area contributed by atoms with Gasteiger partial charge in [-0.25, -0.2) is 9.59 Å². The number of ether oxygens (including phenoxy) is 1. The molecule has 7 heteroatoms. The van der Waals surface area contributed by atoms with E-state index in [0.29, 0.717) is 30.1 Å². The first-order valence-electron chi connectivity index (χ1n) is 10.7. The van der Waals surface area contributed by atoms with Gasteiger partial charge in [0.05, 0.1) is 7.11 Å². The molecule has 2 aromatic rings. The van der Waals surface area contributed by atoms with Crippen molar-refractivity contribution in [2.75, 3.05) is 12.4 Å². The summed E-state index contributed by atoms with van der Waals surface area (Å²) >= 11 is 6.05. The first-order valence-corrected chi connectivity index (χ1v) is 11.1. The number of urea groups is 1. The van der Waals surface area contributed by atoms with E-state index in [-0.39, 0.29) is 0 Å². The van der Waals surface area contributed by atoms with Crippen LogP contribution in [0.3, 0.4) is 0 Å². The fourth-order valence-corrected chi connectivity index (χ4v) is 5.26. The van der Waals surface area contributed by atoms with Crippen molar-refractivity contribution in [3.05, 3.63) is 65.2 Å². The molecular formula is C25H32ClN3O3. The van der Waals surface area contributed by atoms with Crippen LogP contribution in [0.25, 0.3) is 0 Å². The maximum Gasteiger partial charge on any atom is 0.331 e. The number of nitrogens with one attached hydrogen (secondary N) is 2. The monoisotopic (exact) mass is 457 g/mol. The van der Waals surface area contributed by atoms with Crippen molar-refractivity contribution in [2.45, 2.75) is 63.7 Å². The lowest BCUT2D eigenvalue weighted by molar-refractivity contribution is -0.159. The van der Waals surface area contributed by atoms with E-state index in [9.17, 15) is 9.59 Å². The number of esters is 1. The number of carbonyl (C=O) groups excluding carboxylic acids is 2. The average Bonchev–Trinajstić information content (AvgIpc) is 2.71. The molecule has 1 aliphatic rings. The van der Waals surface area contributed by atoms with Crippen LogP contribution in [0.2, 0.25) is 5.02 Å². The molecule has 0 unspecified atom stereocenters. The second-order valence-electron chi connectivity index (χ2n) is 9.71. The second-order valence-corrected chi connectivity index (χ2v) is 10.1. The molecule has 0 saturated carbocycles. The van der Waals surface area contributed by atoms with Gasteiger partial charge in [0.2, 0.25) is 0 Å². The number of likely N-dealkylation sites (tertiary alicyclic amines) is 1. The number of nitrogens with zero attached hydrogens (tertiary/aromatic N) is 1. The van der Waals surface area contributed by atoms with Gasteiger partial charge < -0.3 is 15.4 Å². The van der Waals surface area contributed by atoms with Gasteiger partial charge in [0.25, 0.3) is 0 Å². The van der Waals surface area contributed by atoms with Gasteiger partial charge in [0.1, 0.15) is 5.54 Å². The Bertz CT molecular complexity index is 940. The number of hydrogen-bond acceptors (Lipinski definition) is 4. The maximum atomic E-state index is 13.1. The Kier molecular flexibility index (Phi) is 6.86. The number of hydrogen-bond donors (Lipinski definition) is 2. The van der Waals surface area contributed by atoms with Crippen molar-refractivity contribution in [2.24, 2.45) is 0 Å². The second kappa shape index (κ2) is 9.12. The minimum atomic E-state index is -1.16. The molecule has 1 heterocycles. The zero-order valence-electron chi connectivity index (χ0n) is 19.4. The summed E-state index contributed by atoms with van der Waals surface area (Å²) in [5.41, 5.74) is -0.179. The predicted octanol–water partition coefficient (Wildman–Crippen LogP) is 5.23. The van der Waals surface area contributed by atoms with Gasteiger partial charge in [-0.1, -0.05) is 41.9 Å². The summed E-state index contributed by atoms with van der Waals surface area (Å²) in [6, 6.07) is 16.5. The molecule has 172 valence electrons. The molecule has 0 atom stereocenters. The summed E-state index contributed by atoms with van der Waals surface area (Å²) in [5.74, 6) is -0.437. The molecule has 0 spiro atoms. The number of para-hydroxylation sites is 1. The summed E-state index contributed by atoms with van der Waals surface area (Å²) in [7, 11) is 1.36. The highest BCUT2D eigenvalue weighted by Gasteiger charge is 2.57. The quantitative estimate of drug-likeness (QED) is 0.603. The van der Waals surface area contributed by atoms with Gasteiger partial charge >= 0.3 is 12.0 Å². The lowest BCUT2D eigenvalue weighted by Crippen LogP contribution is -2.72. The number of carbonyl (C=O) groups is 2. The third kappa shape index (κ3) is 5.25. The molecule has 0 aliphatic carbocycles. The van der Waals surface area contributed by atoms with E-state index in [4.69, 9.17) is 16.3 Å². The highest BCUT2D eigenvalue weighted by Crippen LogP contribution is 2.45. The first kappa shape index (κ1) is 24.1. The van der Waals surface area contributed by atoms with Crippen LogP contribution in [-0.4, -0.2) is 40.6 Å². The van der Waals surface area contributed by atoms with Crippen LogP contribution in [0, 0.1) is 0 Å². The van der Waals surface area contributed by atoms with Gasteiger partial charge in [-0.2, -0.15) is 0 Å². The van der Waals surface area contributed by atoms with E-state index in [2.05, 4.69) is 43.2 Å².